The zero-order valence-corrected chi connectivity index (χ0v) is 12.0. The van der Waals surface area contributed by atoms with E-state index < -0.39 is 60.8 Å². The summed E-state index contributed by atoms with van der Waals surface area (Å²) in [6.45, 7) is 0.428. The summed E-state index contributed by atoms with van der Waals surface area (Å²) in [7, 11) is 0. The van der Waals surface area contributed by atoms with Crippen molar-refractivity contribution in [2.75, 3.05) is 6.61 Å². The molecule has 0 aromatic carbocycles. The molecule has 0 amide bonds. The van der Waals surface area contributed by atoms with Crippen LogP contribution in [0.5, 0.6) is 0 Å². The number of aliphatic hydroxyl groups is 7. The van der Waals surface area contributed by atoms with Crippen LogP contribution in [0.2, 0.25) is 0 Å². The molecule has 0 aliphatic carbocycles. The SMILES string of the molecule is C[C@@]1(O)[C@@H](C(O)C2C[C@H](O)[C@@](N)(CO)O2)O[C@H](O)[C@H](O)[C@H]1O. The Hall–Kier alpha value is -0.400. The van der Waals surface area contributed by atoms with E-state index in [1.807, 2.05) is 0 Å². The Bertz CT molecular complexity index is 408. The molecule has 2 fully saturated rings. The number of hydrogen-bond acceptors (Lipinski definition) is 10. The summed E-state index contributed by atoms with van der Waals surface area (Å²) in [5.74, 6) is 0. The lowest BCUT2D eigenvalue weighted by Gasteiger charge is -2.47. The maximum atomic E-state index is 10.3. The van der Waals surface area contributed by atoms with Crippen LogP contribution in [-0.4, -0.2) is 96.6 Å². The quantitative estimate of drug-likeness (QED) is 0.251. The third kappa shape index (κ3) is 2.76. The lowest BCUT2D eigenvalue weighted by atomic mass is 9.81. The molecule has 2 rings (SSSR count). The van der Waals surface area contributed by atoms with E-state index in [2.05, 4.69) is 0 Å². The van der Waals surface area contributed by atoms with Gasteiger partial charge in [-0.2, -0.15) is 0 Å². The van der Waals surface area contributed by atoms with Crippen molar-refractivity contribution >= 4 is 0 Å². The van der Waals surface area contributed by atoms with Crippen molar-refractivity contribution in [3.8, 4) is 0 Å². The maximum absolute atomic E-state index is 10.3. The van der Waals surface area contributed by atoms with Gasteiger partial charge in [-0.3, -0.25) is 5.73 Å². The first-order chi connectivity index (χ1) is 10.0. The molecule has 10 nitrogen and oxygen atoms in total. The second-order valence-electron chi connectivity index (χ2n) is 6.12. The van der Waals surface area contributed by atoms with Crippen molar-refractivity contribution in [2.24, 2.45) is 5.73 Å². The molecule has 130 valence electrons. The molecule has 22 heavy (non-hydrogen) atoms. The van der Waals surface area contributed by atoms with E-state index in [0.29, 0.717) is 0 Å². The fraction of sp³-hybridized carbons (Fsp3) is 1.00. The van der Waals surface area contributed by atoms with Gasteiger partial charge in [-0.25, -0.2) is 0 Å². The van der Waals surface area contributed by atoms with Crippen molar-refractivity contribution in [3.63, 3.8) is 0 Å². The van der Waals surface area contributed by atoms with Crippen LogP contribution in [0, 0.1) is 0 Å². The normalized spacial score (nSPS) is 54.4. The minimum Gasteiger partial charge on any atom is -0.392 e. The summed E-state index contributed by atoms with van der Waals surface area (Å²) in [6, 6.07) is 0. The van der Waals surface area contributed by atoms with Gasteiger partial charge < -0.3 is 45.2 Å². The second-order valence-corrected chi connectivity index (χ2v) is 6.12. The van der Waals surface area contributed by atoms with Crippen molar-refractivity contribution < 1.29 is 45.2 Å². The Balaban J connectivity index is 2.17. The smallest absolute Gasteiger partial charge is 0.184 e. The molecule has 0 aromatic rings. The lowest BCUT2D eigenvalue weighted by Crippen LogP contribution is -2.68. The first-order valence-corrected chi connectivity index (χ1v) is 6.90. The van der Waals surface area contributed by atoms with Gasteiger partial charge in [-0.1, -0.05) is 0 Å². The maximum Gasteiger partial charge on any atom is 0.184 e. The van der Waals surface area contributed by atoms with Crippen LogP contribution in [0.4, 0.5) is 0 Å². The van der Waals surface area contributed by atoms with Crippen LogP contribution < -0.4 is 5.73 Å². The molecular formula is C12H23NO9. The highest BCUT2D eigenvalue weighted by molar-refractivity contribution is 5.05. The molecule has 9 atom stereocenters. The Labute approximate surface area is 126 Å². The molecule has 2 aliphatic rings. The predicted octanol–water partition coefficient (Wildman–Crippen LogP) is -4.67. The van der Waals surface area contributed by atoms with Crippen LogP contribution in [0.25, 0.3) is 0 Å². The highest BCUT2D eigenvalue weighted by Gasteiger charge is 2.57. The van der Waals surface area contributed by atoms with Crippen molar-refractivity contribution in [2.45, 2.75) is 67.6 Å². The molecule has 0 aromatic heterocycles. The second kappa shape index (κ2) is 5.91. The van der Waals surface area contributed by atoms with Crippen LogP contribution in [0.15, 0.2) is 0 Å². The molecule has 0 spiro atoms. The summed E-state index contributed by atoms with van der Waals surface area (Å²) in [6.07, 6.45) is -11.0. The van der Waals surface area contributed by atoms with E-state index in [1.54, 1.807) is 0 Å². The molecule has 0 bridgehead atoms. The van der Waals surface area contributed by atoms with E-state index >= 15 is 0 Å². The van der Waals surface area contributed by atoms with Crippen molar-refractivity contribution in [1.29, 1.82) is 0 Å². The predicted molar refractivity (Wildman–Crippen MR) is 69.0 cm³/mol. The van der Waals surface area contributed by atoms with E-state index in [-0.39, 0.29) is 6.42 Å². The summed E-state index contributed by atoms with van der Waals surface area (Å²) < 4.78 is 10.2. The topological polar surface area (TPSA) is 186 Å². The van der Waals surface area contributed by atoms with Crippen molar-refractivity contribution in [1.82, 2.24) is 0 Å². The summed E-state index contributed by atoms with van der Waals surface area (Å²) in [5.41, 5.74) is 1.78. The largest absolute Gasteiger partial charge is 0.392 e. The molecule has 2 unspecified atom stereocenters. The molecule has 0 radical (unpaired) electrons. The van der Waals surface area contributed by atoms with E-state index in [4.69, 9.17) is 20.3 Å². The Morgan fingerprint density at radius 3 is 2.36 bits per heavy atom. The van der Waals surface area contributed by atoms with Gasteiger partial charge in [0.05, 0.1) is 12.7 Å². The van der Waals surface area contributed by atoms with Gasteiger partial charge in [0.1, 0.15) is 36.1 Å². The highest BCUT2D eigenvalue weighted by Crippen LogP contribution is 2.36. The van der Waals surface area contributed by atoms with Gasteiger partial charge in [0, 0.05) is 6.42 Å². The van der Waals surface area contributed by atoms with Gasteiger partial charge >= 0.3 is 0 Å². The van der Waals surface area contributed by atoms with Crippen LogP contribution in [-0.2, 0) is 9.47 Å². The first-order valence-electron chi connectivity index (χ1n) is 6.90. The summed E-state index contributed by atoms with van der Waals surface area (Å²) >= 11 is 0. The Morgan fingerprint density at radius 1 is 1.27 bits per heavy atom. The van der Waals surface area contributed by atoms with Gasteiger partial charge in [0.25, 0.3) is 0 Å². The average molecular weight is 325 g/mol. The average Bonchev–Trinajstić information content (AvgIpc) is 2.77. The minimum absolute atomic E-state index is 0.150. The third-order valence-corrected chi connectivity index (χ3v) is 4.41. The fourth-order valence-electron chi connectivity index (χ4n) is 2.84. The summed E-state index contributed by atoms with van der Waals surface area (Å²) in [4.78, 5) is 0. The Morgan fingerprint density at radius 2 is 1.86 bits per heavy atom. The van der Waals surface area contributed by atoms with Crippen molar-refractivity contribution in [3.05, 3.63) is 0 Å². The molecular weight excluding hydrogens is 302 g/mol. The monoisotopic (exact) mass is 325 g/mol. The van der Waals surface area contributed by atoms with Gasteiger partial charge in [0.2, 0.25) is 0 Å². The van der Waals surface area contributed by atoms with Crippen LogP contribution in [0.1, 0.15) is 13.3 Å². The number of hydrogen-bond donors (Lipinski definition) is 8. The summed E-state index contributed by atoms with van der Waals surface area (Å²) in [5, 5.41) is 68.4. The van der Waals surface area contributed by atoms with Crippen LogP contribution in [0.3, 0.4) is 0 Å². The number of aliphatic hydroxyl groups excluding tert-OH is 6. The molecule has 10 heteroatoms. The molecule has 9 N–H and O–H groups in total. The third-order valence-electron chi connectivity index (χ3n) is 4.41. The fourth-order valence-corrected chi connectivity index (χ4v) is 2.84. The van der Waals surface area contributed by atoms with Gasteiger partial charge in [-0.15, -0.1) is 0 Å². The molecule has 2 saturated heterocycles. The zero-order chi connectivity index (χ0) is 16.9. The highest BCUT2D eigenvalue weighted by atomic mass is 16.6. The standard InChI is InChI=1S/C12H23NO9/c1-11(20)8(18)7(17)10(19)21-9(11)6(16)4-2-5(15)12(13,3-14)22-4/h4-10,14-20H,2-3,13H2,1H3/t4?,5-,6?,7+,8+,9+,10-,11-,12+/m0/s1. The Kier molecular flexibility index (Phi) is 4.82. The molecule has 2 aliphatic heterocycles. The van der Waals surface area contributed by atoms with Crippen LogP contribution >= 0.6 is 0 Å². The molecule has 2 heterocycles. The number of rotatable bonds is 3. The van der Waals surface area contributed by atoms with E-state index in [0.717, 1.165) is 6.92 Å². The minimum atomic E-state index is -2.09. The zero-order valence-electron chi connectivity index (χ0n) is 12.0. The van der Waals surface area contributed by atoms with Gasteiger partial charge in [-0.05, 0) is 6.92 Å². The lowest BCUT2D eigenvalue weighted by molar-refractivity contribution is -0.332. The first kappa shape index (κ1) is 17.9. The number of ether oxygens (including phenoxy) is 2. The molecule has 0 saturated carbocycles. The van der Waals surface area contributed by atoms with Gasteiger partial charge in [0.15, 0.2) is 12.0 Å². The van der Waals surface area contributed by atoms with E-state index in [9.17, 15) is 30.6 Å². The number of nitrogens with two attached hydrogens (primary N) is 1. The van der Waals surface area contributed by atoms with E-state index in [1.165, 1.54) is 0 Å².